The van der Waals surface area contributed by atoms with Gasteiger partial charge in [-0.15, -0.1) is 11.3 Å². The van der Waals surface area contributed by atoms with Gasteiger partial charge in [-0.3, -0.25) is 4.79 Å². The van der Waals surface area contributed by atoms with E-state index in [0.717, 1.165) is 29.8 Å². The summed E-state index contributed by atoms with van der Waals surface area (Å²) in [6, 6.07) is 0. The number of nitrogens with two attached hydrogens (primary N) is 1. The van der Waals surface area contributed by atoms with Crippen molar-refractivity contribution < 1.29 is 13.2 Å². The molecular formula is C14H20N2O3S2. The molecule has 0 spiro atoms. The van der Waals surface area contributed by atoms with Gasteiger partial charge in [0.15, 0.2) is 15.6 Å². The summed E-state index contributed by atoms with van der Waals surface area (Å²) in [7, 11) is -3.48. The third kappa shape index (κ3) is 3.29. The van der Waals surface area contributed by atoms with Crippen molar-refractivity contribution in [3.8, 4) is 0 Å². The summed E-state index contributed by atoms with van der Waals surface area (Å²) in [4.78, 5) is 12.7. The molecule has 1 aromatic heterocycles. The minimum absolute atomic E-state index is 0.0112. The number of hydrogen-bond acceptors (Lipinski definition) is 6. The zero-order valence-electron chi connectivity index (χ0n) is 12.2. The van der Waals surface area contributed by atoms with Crippen LogP contribution in [0.5, 0.6) is 0 Å². The Morgan fingerprint density at radius 2 is 2.10 bits per heavy atom. The van der Waals surface area contributed by atoms with Crippen LogP contribution in [0.2, 0.25) is 0 Å². The number of anilines is 2. The molecule has 1 aliphatic carbocycles. The second-order valence-corrected chi connectivity index (χ2v) is 8.59. The Kier molecular flexibility index (Phi) is 4.43. The van der Waals surface area contributed by atoms with Gasteiger partial charge in [-0.25, -0.2) is 8.42 Å². The maximum atomic E-state index is 12.3. The van der Waals surface area contributed by atoms with Gasteiger partial charge in [0.25, 0.3) is 0 Å². The molecule has 5 nitrogen and oxygen atoms in total. The van der Waals surface area contributed by atoms with E-state index in [1.165, 1.54) is 0 Å². The fourth-order valence-corrected chi connectivity index (χ4v) is 4.62. The van der Waals surface area contributed by atoms with E-state index >= 15 is 0 Å². The predicted molar refractivity (Wildman–Crippen MR) is 86.8 cm³/mol. The molecule has 0 unspecified atom stereocenters. The summed E-state index contributed by atoms with van der Waals surface area (Å²) in [6.07, 6.45) is 1.72. The van der Waals surface area contributed by atoms with Gasteiger partial charge in [-0.1, -0.05) is 19.1 Å². The van der Waals surface area contributed by atoms with Crippen LogP contribution in [-0.2, 0) is 9.84 Å². The first-order chi connectivity index (χ1) is 9.77. The van der Waals surface area contributed by atoms with Gasteiger partial charge in [0, 0.05) is 12.5 Å². The molecule has 0 aliphatic heterocycles. The molecule has 3 N–H and O–H groups in total. The van der Waals surface area contributed by atoms with E-state index in [1.807, 2.05) is 6.92 Å². The minimum Gasteiger partial charge on any atom is -0.396 e. The summed E-state index contributed by atoms with van der Waals surface area (Å²) in [5.41, 5.74) is 6.96. The van der Waals surface area contributed by atoms with Crippen molar-refractivity contribution in [3.05, 3.63) is 17.0 Å². The molecule has 0 aromatic carbocycles. The predicted octanol–water partition coefficient (Wildman–Crippen LogP) is 2.70. The van der Waals surface area contributed by atoms with Crippen molar-refractivity contribution >= 4 is 37.6 Å². The largest absolute Gasteiger partial charge is 0.396 e. The molecule has 0 amide bonds. The van der Waals surface area contributed by atoms with Crippen molar-refractivity contribution in [2.24, 2.45) is 5.92 Å². The number of hydrogen-bond donors (Lipinski definition) is 2. The highest BCUT2D eigenvalue weighted by molar-refractivity contribution is 7.92. The summed E-state index contributed by atoms with van der Waals surface area (Å²) in [6.45, 7) is 7.64. The molecule has 0 radical (unpaired) electrons. The van der Waals surface area contributed by atoms with Crippen LogP contribution >= 0.6 is 11.3 Å². The van der Waals surface area contributed by atoms with Crippen LogP contribution in [0.3, 0.4) is 0 Å². The molecule has 21 heavy (non-hydrogen) atoms. The number of carbonyl (C=O) groups is 1. The van der Waals surface area contributed by atoms with Gasteiger partial charge in [-0.2, -0.15) is 0 Å². The van der Waals surface area contributed by atoms with Crippen LogP contribution in [0.25, 0.3) is 0 Å². The molecule has 1 aliphatic rings. The first kappa shape index (κ1) is 16.0. The summed E-state index contributed by atoms with van der Waals surface area (Å²) < 4.78 is 24.5. The van der Waals surface area contributed by atoms with Crippen molar-refractivity contribution in [1.82, 2.24) is 0 Å². The van der Waals surface area contributed by atoms with Crippen LogP contribution in [0, 0.1) is 5.92 Å². The molecular weight excluding hydrogens is 308 g/mol. The fourth-order valence-electron chi connectivity index (χ4n) is 1.94. The lowest BCUT2D eigenvalue weighted by Gasteiger charge is -2.07. The van der Waals surface area contributed by atoms with Gasteiger partial charge in [-0.05, 0) is 19.8 Å². The first-order valence-electron chi connectivity index (χ1n) is 6.85. The lowest BCUT2D eigenvalue weighted by atomic mass is 10.2. The lowest BCUT2D eigenvalue weighted by Crippen LogP contribution is -2.11. The third-order valence-corrected chi connectivity index (χ3v) is 6.43. The first-order valence-corrected chi connectivity index (χ1v) is 9.32. The Balaban J connectivity index is 2.48. The molecule has 0 bridgehead atoms. The number of carbonyl (C=O) groups excluding carboxylic acids is 1. The van der Waals surface area contributed by atoms with Crippen LogP contribution in [0.4, 0.5) is 10.7 Å². The molecule has 116 valence electrons. The number of sulfone groups is 1. The van der Waals surface area contributed by atoms with E-state index < -0.39 is 9.84 Å². The number of thiophene rings is 1. The van der Waals surface area contributed by atoms with Crippen molar-refractivity contribution in [2.45, 2.75) is 31.6 Å². The second-order valence-electron chi connectivity index (χ2n) is 5.36. The topological polar surface area (TPSA) is 89.3 Å². The van der Waals surface area contributed by atoms with Crippen LogP contribution < -0.4 is 11.1 Å². The Morgan fingerprint density at radius 3 is 2.57 bits per heavy atom. The molecule has 2 rings (SSSR count). The molecule has 0 atom stereocenters. The molecule has 0 saturated heterocycles. The van der Waals surface area contributed by atoms with Crippen molar-refractivity contribution in [1.29, 1.82) is 0 Å². The smallest absolute Gasteiger partial charge is 0.183 e. The van der Waals surface area contributed by atoms with Gasteiger partial charge in [0.1, 0.15) is 9.90 Å². The quantitative estimate of drug-likeness (QED) is 0.593. The van der Waals surface area contributed by atoms with E-state index in [9.17, 15) is 13.2 Å². The van der Waals surface area contributed by atoms with Crippen molar-refractivity contribution in [2.75, 3.05) is 23.3 Å². The van der Waals surface area contributed by atoms with Crippen LogP contribution in [0.1, 0.15) is 36.4 Å². The number of Topliss-reactive ketones (excluding diaryl/α,β-unsaturated/α-hetero) is 1. The Labute approximate surface area is 129 Å². The van der Waals surface area contributed by atoms with Crippen LogP contribution in [0.15, 0.2) is 17.0 Å². The summed E-state index contributed by atoms with van der Waals surface area (Å²) >= 11 is 1.14. The normalized spacial score (nSPS) is 15.0. The van der Waals surface area contributed by atoms with E-state index in [2.05, 4.69) is 11.9 Å². The fraction of sp³-hybridized carbons (Fsp3) is 0.500. The lowest BCUT2D eigenvalue weighted by molar-refractivity contribution is 0.0972. The maximum absolute atomic E-state index is 12.3. The molecule has 1 saturated carbocycles. The van der Waals surface area contributed by atoms with Gasteiger partial charge in [0.05, 0.1) is 16.3 Å². The number of ketones is 1. The average Bonchev–Trinajstić information content (AvgIpc) is 3.19. The highest BCUT2D eigenvalue weighted by Gasteiger charge is 2.36. The highest BCUT2D eigenvalue weighted by Crippen LogP contribution is 2.44. The monoisotopic (exact) mass is 328 g/mol. The average molecular weight is 328 g/mol. The SMILES string of the molecule is C=C(C)CNc1sc(C(=O)C2CC2)c(N)c1S(=O)(=O)CC. The van der Waals surface area contributed by atoms with Crippen LogP contribution in [-0.4, -0.2) is 26.5 Å². The number of nitrogen functional groups attached to an aromatic ring is 1. The Bertz CT molecular complexity index is 685. The second kappa shape index (κ2) is 5.81. The van der Waals surface area contributed by atoms with E-state index in [1.54, 1.807) is 6.92 Å². The highest BCUT2D eigenvalue weighted by atomic mass is 32.2. The van der Waals surface area contributed by atoms with Gasteiger partial charge in [0.2, 0.25) is 0 Å². The maximum Gasteiger partial charge on any atom is 0.183 e. The standard InChI is InChI=1S/C14H20N2O3S2/c1-4-21(18,19)13-10(15)12(11(17)9-5-6-9)20-14(13)16-7-8(2)3/h9,16H,2,4-7,15H2,1,3H3. The Hall–Kier alpha value is -1.34. The molecule has 7 heteroatoms. The summed E-state index contributed by atoms with van der Waals surface area (Å²) in [5, 5.41) is 3.48. The summed E-state index contributed by atoms with van der Waals surface area (Å²) in [5.74, 6) is -0.0715. The Morgan fingerprint density at radius 1 is 1.48 bits per heavy atom. The van der Waals surface area contributed by atoms with Gasteiger partial charge >= 0.3 is 0 Å². The molecule has 1 fully saturated rings. The minimum atomic E-state index is -3.48. The van der Waals surface area contributed by atoms with Gasteiger partial charge < -0.3 is 11.1 Å². The zero-order valence-corrected chi connectivity index (χ0v) is 13.9. The number of rotatable bonds is 7. The third-order valence-electron chi connectivity index (χ3n) is 3.31. The van der Waals surface area contributed by atoms with Crippen molar-refractivity contribution in [3.63, 3.8) is 0 Å². The number of nitrogens with one attached hydrogen (secondary N) is 1. The van der Waals surface area contributed by atoms with E-state index in [0.29, 0.717) is 16.4 Å². The van der Waals surface area contributed by atoms with E-state index in [4.69, 9.17) is 5.73 Å². The van der Waals surface area contributed by atoms with E-state index in [-0.39, 0.29) is 28.0 Å². The molecule has 1 aromatic rings. The zero-order chi connectivity index (χ0) is 15.8. The molecule has 1 heterocycles.